The number of hydrogen-bond donors (Lipinski definition) is 0. The van der Waals surface area contributed by atoms with Crippen LogP contribution < -0.4 is 0 Å². The van der Waals surface area contributed by atoms with E-state index in [0.717, 1.165) is 16.1 Å². The molecule has 0 atom stereocenters. The van der Waals surface area contributed by atoms with Gasteiger partial charge in [-0.2, -0.15) is 0 Å². The van der Waals surface area contributed by atoms with E-state index < -0.39 is 0 Å². The van der Waals surface area contributed by atoms with Gasteiger partial charge in [0.25, 0.3) is 0 Å². The van der Waals surface area contributed by atoms with Crippen molar-refractivity contribution in [2.45, 2.75) is 13.8 Å². The van der Waals surface area contributed by atoms with E-state index in [1.54, 1.807) is 0 Å². The van der Waals surface area contributed by atoms with Crippen LogP contribution in [0.5, 0.6) is 0 Å². The zero-order valence-electron chi connectivity index (χ0n) is 5.53. The lowest BCUT2D eigenvalue weighted by atomic mass is 10.2. The Morgan fingerprint density at radius 3 is 2.00 bits per heavy atom. The third-order valence-corrected chi connectivity index (χ3v) is 1.89. The van der Waals surface area contributed by atoms with Crippen molar-refractivity contribution in [3.8, 4) is 0 Å². The van der Waals surface area contributed by atoms with E-state index in [0.29, 0.717) is 0 Å². The van der Waals surface area contributed by atoms with Crippen LogP contribution >= 0.6 is 11.6 Å². The Morgan fingerprint density at radius 1 is 1.22 bits per heavy atom. The van der Waals surface area contributed by atoms with E-state index in [-0.39, 0.29) is 0 Å². The Balaban J connectivity index is 3.25. The molecule has 0 N–H and O–H groups in total. The predicted octanol–water partition coefficient (Wildman–Crippen LogP) is 2.76. The lowest BCUT2D eigenvalue weighted by Gasteiger charge is -1.97. The first-order chi connectivity index (χ1) is 4.22. The molecule has 9 heavy (non-hydrogen) atoms. The highest BCUT2D eigenvalue weighted by Gasteiger charge is 1.94. The molecule has 0 fully saturated rings. The molecule has 0 spiro atoms. The second kappa shape index (κ2) is 2.40. The maximum Gasteiger partial charge on any atom is 0.0464 e. The molecule has 1 aromatic carbocycles. The third kappa shape index (κ3) is 1.25. The SMILES string of the molecule is Cc1c[c]cc(C)c1Cl. The van der Waals surface area contributed by atoms with E-state index in [4.69, 9.17) is 11.6 Å². The van der Waals surface area contributed by atoms with Crippen LogP contribution in [0.15, 0.2) is 12.1 Å². The van der Waals surface area contributed by atoms with E-state index in [2.05, 4.69) is 6.07 Å². The molecule has 0 aliphatic heterocycles. The summed E-state index contributed by atoms with van der Waals surface area (Å²) < 4.78 is 0. The van der Waals surface area contributed by atoms with Gasteiger partial charge in [0, 0.05) is 5.02 Å². The molecule has 0 aromatic heterocycles. The quantitative estimate of drug-likeness (QED) is 0.519. The van der Waals surface area contributed by atoms with Gasteiger partial charge in [0.15, 0.2) is 0 Å². The fraction of sp³-hybridized carbons (Fsp3) is 0.250. The first-order valence-electron chi connectivity index (χ1n) is 2.84. The van der Waals surface area contributed by atoms with Crippen molar-refractivity contribution in [1.29, 1.82) is 0 Å². The Labute approximate surface area is 60.5 Å². The second-order valence-electron chi connectivity index (χ2n) is 2.14. The topological polar surface area (TPSA) is 0 Å². The highest BCUT2D eigenvalue weighted by molar-refractivity contribution is 6.32. The molecule has 1 aromatic rings. The normalized spacial score (nSPS) is 9.67. The van der Waals surface area contributed by atoms with Gasteiger partial charge in [-0.25, -0.2) is 0 Å². The molecule has 1 heteroatoms. The maximum atomic E-state index is 5.86. The number of halogens is 1. The van der Waals surface area contributed by atoms with Gasteiger partial charge in [-0.15, -0.1) is 0 Å². The van der Waals surface area contributed by atoms with Gasteiger partial charge in [0.2, 0.25) is 0 Å². The van der Waals surface area contributed by atoms with Crippen molar-refractivity contribution < 1.29 is 0 Å². The van der Waals surface area contributed by atoms with Gasteiger partial charge in [-0.05, 0) is 43.2 Å². The Bertz CT molecular complexity index is 196. The minimum Gasteiger partial charge on any atom is -0.0838 e. The summed E-state index contributed by atoms with van der Waals surface area (Å²) in [5.41, 5.74) is 2.19. The minimum absolute atomic E-state index is 0.855. The van der Waals surface area contributed by atoms with Gasteiger partial charge >= 0.3 is 0 Å². The van der Waals surface area contributed by atoms with Crippen molar-refractivity contribution in [1.82, 2.24) is 0 Å². The standard InChI is InChI=1S/C8H8Cl/c1-6-4-3-5-7(2)8(6)9/h4-5H,1-2H3. The molecule has 1 rings (SSSR count). The van der Waals surface area contributed by atoms with Crippen LogP contribution in [-0.2, 0) is 0 Å². The highest BCUT2D eigenvalue weighted by Crippen LogP contribution is 2.17. The summed E-state index contributed by atoms with van der Waals surface area (Å²) in [6, 6.07) is 6.75. The van der Waals surface area contributed by atoms with Crippen LogP contribution in [0.25, 0.3) is 0 Å². The Kier molecular flexibility index (Phi) is 1.77. The van der Waals surface area contributed by atoms with Crippen molar-refractivity contribution in [2.24, 2.45) is 0 Å². The lowest BCUT2D eigenvalue weighted by molar-refractivity contribution is 1.38. The van der Waals surface area contributed by atoms with Crippen LogP contribution in [0, 0.1) is 19.9 Å². The number of hydrogen-bond acceptors (Lipinski definition) is 0. The van der Waals surface area contributed by atoms with E-state index in [9.17, 15) is 0 Å². The minimum atomic E-state index is 0.855. The molecule has 0 bridgehead atoms. The molecule has 0 saturated heterocycles. The largest absolute Gasteiger partial charge is 0.0838 e. The molecule has 0 nitrogen and oxygen atoms in total. The summed E-state index contributed by atoms with van der Waals surface area (Å²) in [6.45, 7) is 3.96. The number of rotatable bonds is 0. The summed E-state index contributed by atoms with van der Waals surface area (Å²) in [7, 11) is 0. The number of benzene rings is 1. The average Bonchev–Trinajstić information content (AvgIpc) is 1.83. The fourth-order valence-corrected chi connectivity index (χ4v) is 0.839. The zero-order valence-corrected chi connectivity index (χ0v) is 6.29. The molecule has 47 valence electrons. The Morgan fingerprint density at radius 2 is 1.67 bits per heavy atom. The van der Waals surface area contributed by atoms with Gasteiger partial charge in [-0.3, -0.25) is 0 Å². The first kappa shape index (κ1) is 6.63. The monoisotopic (exact) mass is 139 g/mol. The highest BCUT2D eigenvalue weighted by atomic mass is 35.5. The molecule has 1 radical (unpaired) electrons. The molecule has 0 heterocycles. The molecular formula is C8H8Cl. The second-order valence-corrected chi connectivity index (χ2v) is 2.51. The summed E-state index contributed by atoms with van der Waals surface area (Å²) >= 11 is 5.86. The molecule has 0 saturated carbocycles. The smallest absolute Gasteiger partial charge is 0.0464 e. The van der Waals surface area contributed by atoms with Crippen LogP contribution in [0.1, 0.15) is 11.1 Å². The molecular weight excluding hydrogens is 132 g/mol. The molecule has 0 unspecified atom stereocenters. The van der Waals surface area contributed by atoms with Crippen LogP contribution in [0.2, 0.25) is 5.02 Å². The van der Waals surface area contributed by atoms with Crippen molar-refractivity contribution in [3.63, 3.8) is 0 Å². The Hall–Kier alpha value is -0.490. The zero-order chi connectivity index (χ0) is 6.85. The summed E-state index contributed by atoms with van der Waals surface area (Å²) in [4.78, 5) is 0. The van der Waals surface area contributed by atoms with Crippen LogP contribution in [-0.4, -0.2) is 0 Å². The van der Waals surface area contributed by atoms with Crippen LogP contribution in [0.4, 0.5) is 0 Å². The van der Waals surface area contributed by atoms with Crippen LogP contribution in [0.3, 0.4) is 0 Å². The summed E-state index contributed by atoms with van der Waals surface area (Å²) in [5, 5.41) is 0.855. The van der Waals surface area contributed by atoms with Crippen molar-refractivity contribution in [3.05, 3.63) is 34.3 Å². The van der Waals surface area contributed by atoms with Crippen molar-refractivity contribution in [2.75, 3.05) is 0 Å². The van der Waals surface area contributed by atoms with E-state index >= 15 is 0 Å². The van der Waals surface area contributed by atoms with Gasteiger partial charge < -0.3 is 0 Å². The third-order valence-electron chi connectivity index (χ3n) is 1.29. The molecule has 0 amide bonds. The summed E-state index contributed by atoms with van der Waals surface area (Å²) in [6.07, 6.45) is 0. The lowest BCUT2D eigenvalue weighted by Crippen LogP contribution is -1.77. The summed E-state index contributed by atoms with van der Waals surface area (Å²) in [5.74, 6) is 0. The number of aryl methyl sites for hydroxylation is 2. The maximum absolute atomic E-state index is 5.86. The van der Waals surface area contributed by atoms with Gasteiger partial charge in [0.05, 0.1) is 0 Å². The first-order valence-corrected chi connectivity index (χ1v) is 3.22. The predicted molar refractivity (Wildman–Crippen MR) is 39.8 cm³/mol. The average molecular weight is 140 g/mol. The molecule has 0 aliphatic rings. The van der Waals surface area contributed by atoms with Gasteiger partial charge in [0.1, 0.15) is 0 Å². The van der Waals surface area contributed by atoms with Gasteiger partial charge in [-0.1, -0.05) is 11.6 Å². The fourth-order valence-electron chi connectivity index (χ4n) is 0.729. The van der Waals surface area contributed by atoms with E-state index in [1.807, 2.05) is 26.0 Å². The molecule has 0 aliphatic carbocycles. The van der Waals surface area contributed by atoms with Crippen molar-refractivity contribution >= 4 is 11.6 Å². The van der Waals surface area contributed by atoms with E-state index in [1.165, 1.54) is 0 Å².